The maximum atomic E-state index is 12.8. The maximum Gasteiger partial charge on any atom is 0.124 e. The molecule has 1 aliphatic rings. The molecule has 0 aliphatic carbocycles. The Morgan fingerprint density at radius 2 is 2.00 bits per heavy atom. The van der Waals surface area contributed by atoms with Gasteiger partial charge in [-0.1, -0.05) is 43.1 Å². The van der Waals surface area contributed by atoms with Gasteiger partial charge < -0.3 is 4.74 Å². The van der Waals surface area contributed by atoms with E-state index < -0.39 is 10.8 Å². The van der Waals surface area contributed by atoms with Crippen LogP contribution in [0.15, 0.2) is 58.3 Å². The van der Waals surface area contributed by atoms with Crippen molar-refractivity contribution in [1.82, 2.24) is 4.31 Å². The molecule has 0 saturated carbocycles. The first kappa shape index (κ1) is 18.5. The van der Waals surface area contributed by atoms with Gasteiger partial charge in [0.15, 0.2) is 0 Å². The predicted molar refractivity (Wildman–Crippen MR) is 106 cm³/mol. The lowest BCUT2D eigenvalue weighted by atomic mass is 10.0. The van der Waals surface area contributed by atoms with Crippen molar-refractivity contribution < 1.29 is 8.95 Å². The molecule has 0 amide bonds. The van der Waals surface area contributed by atoms with Crippen LogP contribution in [0.2, 0.25) is 0 Å². The maximum absolute atomic E-state index is 12.8. The molecule has 2 atom stereocenters. The van der Waals surface area contributed by atoms with Gasteiger partial charge in [0.2, 0.25) is 0 Å². The molecule has 0 spiro atoms. The van der Waals surface area contributed by atoms with Crippen molar-refractivity contribution in [3.05, 3.63) is 54.1 Å². The summed E-state index contributed by atoms with van der Waals surface area (Å²) < 4.78 is 21.2. The molecule has 2 aromatic rings. The molecule has 0 aromatic heterocycles. The van der Waals surface area contributed by atoms with Crippen LogP contribution >= 0.6 is 11.9 Å². The summed E-state index contributed by atoms with van der Waals surface area (Å²) in [5, 5.41) is 0. The minimum Gasteiger partial charge on any atom is -0.489 e. The zero-order valence-corrected chi connectivity index (χ0v) is 16.4. The number of aryl methyl sites for hydroxylation is 1. The van der Waals surface area contributed by atoms with Crippen LogP contribution < -0.4 is 4.74 Å². The molecule has 1 heterocycles. The third-order valence-electron chi connectivity index (χ3n) is 4.22. The Morgan fingerprint density at radius 3 is 2.76 bits per heavy atom. The first-order valence-corrected chi connectivity index (χ1v) is 10.9. The molecular weight excluding hydrogens is 350 g/mol. The average molecular weight is 376 g/mol. The molecule has 25 heavy (non-hydrogen) atoms. The number of hydrogen-bond donors (Lipinski definition) is 0. The minimum atomic E-state index is -1.17. The summed E-state index contributed by atoms with van der Waals surface area (Å²) >= 11 is 1.86. The highest BCUT2D eigenvalue weighted by Crippen LogP contribution is 2.31. The Kier molecular flexibility index (Phi) is 6.57. The second-order valence-corrected chi connectivity index (χ2v) is 9.04. The molecule has 3 nitrogen and oxygen atoms in total. The average Bonchev–Trinajstić information content (AvgIpc) is 2.66. The van der Waals surface area contributed by atoms with Crippen LogP contribution in [0, 0.1) is 0 Å². The fourth-order valence-electron chi connectivity index (χ4n) is 2.92. The lowest BCUT2D eigenvalue weighted by Crippen LogP contribution is -2.32. The first-order chi connectivity index (χ1) is 12.2. The second-order valence-electron chi connectivity index (χ2n) is 6.27. The summed E-state index contributed by atoms with van der Waals surface area (Å²) in [5.41, 5.74) is 1.22. The number of likely N-dealkylation sites (N-methyl/N-ethyl adjacent to an activating group) is 1. The van der Waals surface area contributed by atoms with Gasteiger partial charge in [0, 0.05) is 22.1 Å². The lowest BCUT2D eigenvalue weighted by Gasteiger charge is -2.29. The smallest absolute Gasteiger partial charge is 0.124 e. The monoisotopic (exact) mass is 375 g/mol. The zero-order valence-electron chi connectivity index (χ0n) is 14.8. The van der Waals surface area contributed by atoms with E-state index in [1.54, 1.807) is 0 Å². The lowest BCUT2D eigenvalue weighted by molar-refractivity contribution is 0.155. The Bertz CT molecular complexity index is 721. The van der Waals surface area contributed by atoms with Crippen molar-refractivity contribution in [1.29, 1.82) is 0 Å². The molecule has 5 heteroatoms. The van der Waals surface area contributed by atoms with Crippen LogP contribution in [-0.4, -0.2) is 34.0 Å². The van der Waals surface area contributed by atoms with Crippen LogP contribution in [0.4, 0.5) is 0 Å². The highest BCUT2D eigenvalue weighted by molar-refractivity contribution is 7.96. The van der Waals surface area contributed by atoms with Gasteiger partial charge in [-0.2, -0.15) is 0 Å². The summed E-state index contributed by atoms with van der Waals surface area (Å²) in [6.07, 6.45) is 3.43. The van der Waals surface area contributed by atoms with Gasteiger partial charge in [-0.05, 0) is 56.1 Å². The molecule has 0 bridgehead atoms. The SMILES string of the molecule is CCCSN(C)C[C@H]1CCc2ccc(S(=O)c3ccccc3)cc2O1. The fraction of sp³-hybridized carbons (Fsp3) is 0.400. The van der Waals surface area contributed by atoms with Crippen molar-refractivity contribution in [2.45, 2.75) is 42.1 Å². The molecule has 0 radical (unpaired) electrons. The highest BCUT2D eigenvalue weighted by Gasteiger charge is 2.22. The zero-order chi connectivity index (χ0) is 17.6. The molecule has 1 aliphatic heterocycles. The Labute approximate surface area is 157 Å². The van der Waals surface area contributed by atoms with Crippen molar-refractivity contribution in [2.24, 2.45) is 0 Å². The van der Waals surface area contributed by atoms with Crippen LogP contribution in [0.25, 0.3) is 0 Å². The van der Waals surface area contributed by atoms with Gasteiger partial charge in [0.05, 0.1) is 10.8 Å². The van der Waals surface area contributed by atoms with Crippen molar-refractivity contribution in [2.75, 3.05) is 19.3 Å². The summed E-state index contributed by atoms with van der Waals surface area (Å²) in [6.45, 7) is 3.11. The Hall–Kier alpha value is -1.30. The number of benzene rings is 2. The fourth-order valence-corrected chi connectivity index (χ4v) is 4.76. The van der Waals surface area contributed by atoms with Crippen molar-refractivity contribution >= 4 is 22.7 Å². The van der Waals surface area contributed by atoms with E-state index in [9.17, 15) is 4.21 Å². The molecular formula is C20H25NO2S2. The number of hydrogen-bond acceptors (Lipinski definition) is 4. The number of fused-ring (bicyclic) bond motifs is 1. The largest absolute Gasteiger partial charge is 0.489 e. The number of ether oxygens (including phenoxy) is 1. The molecule has 134 valence electrons. The van der Waals surface area contributed by atoms with Gasteiger partial charge in [-0.15, -0.1) is 0 Å². The van der Waals surface area contributed by atoms with E-state index in [1.807, 2.05) is 54.4 Å². The summed E-state index contributed by atoms with van der Waals surface area (Å²) in [6, 6.07) is 15.6. The van der Waals surface area contributed by atoms with Crippen molar-refractivity contribution in [3.63, 3.8) is 0 Å². The van der Waals surface area contributed by atoms with Crippen LogP contribution in [-0.2, 0) is 17.2 Å². The van der Waals surface area contributed by atoms with Crippen molar-refractivity contribution in [3.8, 4) is 5.75 Å². The van der Waals surface area contributed by atoms with E-state index in [2.05, 4.69) is 24.3 Å². The molecule has 0 saturated heterocycles. The topological polar surface area (TPSA) is 29.5 Å². The summed E-state index contributed by atoms with van der Waals surface area (Å²) in [5.74, 6) is 2.03. The van der Waals surface area contributed by atoms with Crippen LogP contribution in [0.5, 0.6) is 5.75 Å². The van der Waals surface area contributed by atoms with Gasteiger partial charge in [-0.3, -0.25) is 0 Å². The molecule has 3 rings (SSSR count). The van der Waals surface area contributed by atoms with Gasteiger partial charge in [0.25, 0.3) is 0 Å². The van der Waals surface area contributed by atoms with E-state index in [1.165, 1.54) is 12.0 Å². The molecule has 2 aromatic carbocycles. The quantitative estimate of drug-likeness (QED) is 0.665. The van der Waals surface area contributed by atoms with E-state index >= 15 is 0 Å². The molecule has 0 fully saturated rings. The highest BCUT2D eigenvalue weighted by atomic mass is 32.2. The van der Waals surface area contributed by atoms with Gasteiger partial charge in [0.1, 0.15) is 11.9 Å². The summed E-state index contributed by atoms with van der Waals surface area (Å²) in [4.78, 5) is 1.63. The normalized spacial score (nSPS) is 17.8. The predicted octanol–water partition coefficient (Wildman–Crippen LogP) is 4.54. The number of nitrogens with zero attached hydrogens (tertiary/aromatic N) is 1. The van der Waals surface area contributed by atoms with E-state index in [0.717, 1.165) is 40.7 Å². The summed E-state index contributed by atoms with van der Waals surface area (Å²) in [7, 11) is 0.959. The standard InChI is InChI=1S/C20H25NO2S2/c1-3-13-24-21(2)15-17-11-9-16-10-12-19(14-20(16)23-17)25(22)18-7-5-4-6-8-18/h4-8,10,12,14,17H,3,9,11,13,15H2,1-2H3/t17-,25?/m1/s1. The van der Waals surface area contributed by atoms with E-state index in [-0.39, 0.29) is 6.10 Å². The Morgan fingerprint density at radius 1 is 1.20 bits per heavy atom. The van der Waals surface area contributed by atoms with E-state index in [4.69, 9.17) is 4.74 Å². The third-order valence-corrected chi connectivity index (χ3v) is 6.78. The molecule has 1 unspecified atom stereocenters. The van der Waals surface area contributed by atoms with Gasteiger partial charge in [-0.25, -0.2) is 8.51 Å². The molecule has 0 N–H and O–H groups in total. The third kappa shape index (κ3) is 4.87. The van der Waals surface area contributed by atoms with E-state index in [0.29, 0.717) is 0 Å². The van der Waals surface area contributed by atoms with Crippen LogP contribution in [0.1, 0.15) is 25.3 Å². The Balaban J connectivity index is 1.70. The first-order valence-electron chi connectivity index (χ1n) is 8.78. The number of rotatable bonds is 7. The minimum absolute atomic E-state index is 0.197. The van der Waals surface area contributed by atoms with Gasteiger partial charge >= 0.3 is 0 Å². The van der Waals surface area contributed by atoms with Crippen LogP contribution in [0.3, 0.4) is 0 Å². The second kappa shape index (κ2) is 8.88.